The van der Waals surface area contributed by atoms with E-state index in [4.69, 9.17) is 4.74 Å². The van der Waals surface area contributed by atoms with Crippen molar-refractivity contribution in [2.75, 3.05) is 0 Å². The highest BCUT2D eigenvalue weighted by Crippen LogP contribution is 2.39. The second-order valence-corrected chi connectivity index (χ2v) is 8.92. The highest BCUT2D eigenvalue weighted by atomic mass is 32.1. The smallest absolute Gasteiger partial charge is 0.349 e. The summed E-state index contributed by atoms with van der Waals surface area (Å²) in [5.41, 5.74) is 3.07. The summed E-state index contributed by atoms with van der Waals surface area (Å²) >= 11 is 1.38. The van der Waals surface area contributed by atoms with Crippen LogP contribution in [0.3, 0.4) is 0 Å². The Labute approximate surface area is 168 Å². The zero-order chi connectivity index (χ0) is 20.5. The minimum Gasteiger partial charge on any atom is -0.448 e. The fourth-order valence-electron chi connectivity index (χ4n) is 3.03. The summed E-state index contributed by atoms with van der Waals surface area (Å²) < 4.78 is 5.27. The van der Waals surface area contributed by atoms with E-state index in [0.29, 0.717) is 4.88 Å². The first-order valence-corrected chi connectivity index (χ1v) is 10.0. The van der Waals surface area contributed by atoms with Crippen LogP contribution >= 0.6 is 11.3 Å². The van der Waals surface area contributed by atoms with Crippen molar-refractivity contribution in [3.63, 3.8) is 0 Å². The van der Waals surface area contributed by atoms with Gasteiger partial charge in [-0.05, 0) is 63.3 Å². The van der Waals surface area contributed by atoms with Gasteiger partial charge in [0.05, 0.1) is 0 Å². The molecule has 1 aromatic carbocycles. The van der Waals surface area contributed by atoms with Gasteiger partial charge in [0, 0.05) is 10.4 Å². The topological polar surface area (TPSA) is 84.5 Å². The Balaban J connectivity index is 1.65. The van der Waals surface area contributed by atoms with Crippen molar-refractivity contribution in [3.05, 3.63) is 46.3 Å². The van der Waals surface area contributed by atoms with Gasteiger partial charge in [-0.15, -0.1) is 11.3 Å². The third kappa shape index (κ3) is 4.59. The van der Waals surface area contributed by atoms with Gasteiger partial charge in [-0.3, -0.25) is 10.1 Å². The summed E-state index contributed by atoms with van der Waals surface area (Å²) in [6.45, 7) is 6.85. The van der Waals surface area contributed by atoms with E-state index in [9.17, 15) is 14.4 Å². The molecule has 7 heteroatoms. The monoisotopic (exact) mass is 400 g/mol. The van der Waals surface area contributed by atoms with E-state index < -0.39 is 29.6 Å². The summed E-state index contributed by atoms with van der Waals surface area (Å²) in [5.74, 6) is -1.22. The lowest BCUT2D eigenvalue weighted by molar-refractivity contribution is -0.127. The molecule has 6 nitrogen and oxygen atoms in total. The Kier molecular flexibility index (Phi) is 5.56. The van der Waals surface area contributed by atoms with Gasteiger partial charge in [0.15, 0.2) is 6.10 Å². The average molecular weight is 401 g/mol. The van der Waals surface area contributed by atoms with Crippen molar-refractivity contribution in [1.29, 1.82) is 0 Å². The summed E-state index contributed by atoms with van der Waals surface area (Å²) in [6, 6.07) is 9.38. The molecule has 1 aromatic heterocycles. The van der Waals surface area contributed by atoms with Crippen molar-refractivity contribution >= 4 is 29.2 Å². The zero-order valence-electron chi connectivity index (χ0n) is 16.4. The Morgan fingerprint density at radius 2 is 1.79 bits per heavy atom. The number of carbonyl (C=O) groups is 3. The number of esters is 1. The molecule has 2 N–H and O–H groups in total. The number of rotatable bonds is 3. The Hall–Kier alpha value is -2.67. The maximum absolute atomic E-state index is 12.5. The van der Waals surface area contributed by atoms with Crippen LogP contribution in [0.15, 0.2) is 30.3 Å². The number of aryl methyl sites for hydroxylation is 2. The van der Waals surface area contributed by atoms with Gasteiger partial charge in [0.25, 0.3) is 5.91 Å². The second-order valence-electron chi connectivity index (χ2n) is 7.86. The van der Waals surface area contributed by atoms with E-state index in [1.54, 1.807) is 20.8 Å². The molecule has 1 heterocycles. The van der Waals surface area contributed by atoms with E-state index in [0.717, 1.165) is 28.8 Å². The molecular weight excluding hydrogens is 376 g/mol. The predicted molar refractivity (Wildman–Crippen MR) is 108 cm³/mol. The first kappa shape index (κ1) is 20.1. The average Bonchev–Trinajstić information content (AvgIpc) is 3.04. The van der Waals surface area contributed by atoms with E-state index >= 15 is 0 Å². The molecule has 3 amide bonds. The number of benzene rings is 1. The highest BCUT2D eigenvalue weighted by Gasteiger charge is 2.26. The molecule has 0 unspecified atom stereocenters. The minimum absolute atomic E-state index is 0.459. The number of nitrogens with one attached hydrogen (secondary N) is 2. The molecule has 1 aliphatic rings. The van der Waals surface area contributed by atoms with Gasteiger partial charge in [-0.25, -0.2) is 9.59 Å². The van der Waals surface area contributed by atoms with Gasteiger partial charge in [0.2, 0.25) is 0 Å². The summed E-state index contributed by atoms with van der Waals surface area (Å²) in [5, 5.41) is 4.82. The molecule has 0 saturated carbocycles. The number of amides is 3. The molecule has 2 aromatic rings. The maximum atomic E-state index is 12.5. The van der Waals surface area contributed by atoms with Crippen LogP contribution in [-0.2, 0) is 22.4 Å². The van der Waals surface area contributed by atoms with E-state index in [1.165, 1.54) is 23.8 Å². The SMILES string of the molecule is C[C@@H](OC(=O)c1cc2c(s1)-c1ccccc1CC2)C(=O)NC(=O)NC(C)(C)C. The molecule has 0 radical (unpaired) electrons. The summed E-state index contributed by atoms with van der Waals surface area (Å²) in [7, 11) is 0. The second kappa shape index (κ2) is 7.75. The lowest BCUT2D eigenvalue weighted by atomic mass is 9.91. The van der Waals surface area contributed by atoms with Crippen LogP contribution in [0.4, 0.5) is 4.79 Å². The zero-order valence-corrected chi connectivity index (χ0v) is 17.2. The standard InChI is InChI=1S/C21H24N2O4S/c1-12(18(24)22-20(26)23-21(2,3)4)27-19(25)16-11-14-10-9-13-7-5-6-8-15(13)17(14)28-16/h5-8,11-12H,9-10H2,1-4H3,(H2,22,23,24,26)/t12-/m1/s1. The Morgan fingerprint density at radius 3 is 2.50 bits per heavy atom. The third-order valence-electron chi connectivity index (χ3n) is 4.31. The number of fused-ring (bicyclic) bond motifs is 3. The van der Waals surface area contributed by atoms with Crippen LogP contribution in [-0.4, -0.2) is 29.6 Å². The van der Waals surface area contributed by atoms with Gasteiger partial charge in [0.1, 0.15) is 4.88 Å². The molecule has 0 saturated heterocycles. The van der Waals surface area contributed by atoms with Crippen molar-refractivity contribution in [2.24, 2.45) is 0 Å². The van der Waals surface area contributed by atoms with Gasteiger partial charge >= 0.3 is 12.0 Å². The fraction of sp³-hybridized carbons (Fsp3) is 0.381. The van der Waals surface area contributed by atoms with Crippen LogP contribution in [0.25, 0.3) is 10.4 Å². The van der Waals surface area contributed by atoms with Gasteiger partial charge in [-0.1, -0.05) is 24.3 Å². The van der Waals surface area contributed by atoms with Crippen LogP contribution in [0.5, 0.6) is 0 Å². The van der Waals surface area contributed by atoms with Crippen molar-refractivity contribution < 1.29 is 19.1 Å². The first-order valence-electron chi connectivity index (χ1n) is 9.19. The Morgan fingerprint density at radius 1 is 1.11 bits per heavy atom. The molecule has 0 aliphatic heterocycles. The maximum Gasteiger partial charge on any atom is 0.349 e. The molecule has 3 rings (SSSR count). The number of hydrogen-bond acceptors (Lipinski definition) is 5. The summed E-state index contributed by atoms with van der Waals surface area (Å²) in [4.78, 5) is 38.0. The molecule has 1 aliphatic carbocycles. The molecule has 0 fully saturated rings. The van der Waals surface area contributed by atoms with E-state index in [-0.39, 0.29) is 0 Å². The molecular formula is C21H24N2O4S. The predicted octanol–water partition coefficient (Wildman–Crippen LogP) is 3.68. The molecule has 1 atom stereocenters. The largest absolute Gasteiger partial charge is 0.448 e. The van der Waals surface area contributed by atoms with Crippen molar-refractivity contribution in [1.82, 2.24) is 10.6 Å². The van der Waals surface area contributed by atoms with E-state index in [2.05, 4.69) is 22.8 Å². The van der Waals surface area contributed by atoms with Crippen LogP contribution in [0.2, 0.25) is 0 Å². The number of hydrogen-bond donors (Lipinski definition) is 2. The van der Waals surface area contributed by atoms with Gasteiger partial charge in [-0.2, -0.15) is 0 Å². The van der Waals surface area contributed by atoms with Crippen LogP contribution < -0.4 is 10.6 Å². The first-order chi connectivity index (χ1) is 13.1. The third-order valence-corrected chi connectivity index (χ3v) is 5.50. The number of urea groups is 1. The highest BCUT2D eigenvalue weighted by molar-refractivity contribution is 7.17. The Bertz CT molecular complexity index is 927. The van der Waals surface area contributed by atoms with Gasteiger partial charge < -0.3 is 10.1 Å². The minimum atomic E-state index is -1.08. The lowest BCUT2D eigenvalue weighted by Gasteiger charge is -2.21. The molecule has 0 bridgehead atoms. The molecule has 148 valence electrons. The van der Waals surface area contributed by atoms with Crippen LogP contribution in [0.1, 0.15) is 48.5 Å². The van der Waals surface area contributed by atoms with E-state index in [1.807, 2.05) is 18.2 Å². The number of ether oxygens (including phenoxy) is 1. The normalized spacial score (nSPS) is 13.7. The lowest BCUT2D eigenvalue weighted by Crippen LogP contribution is -2.50. The number of carbonyl (C=O) groups excluding carboxylic acids is 3. The van der Waals surface area contributed by atoms with Crippen molar-refractivity contribution in [2.45, 2.75) is 52.2 Å². The van der Waals surface area contributed by atoms with Crippen molar-refractivity contribution in [3.8, 4) is 10.4 Å². The number of imide groups is 1. The molecule has 0 spiro atoms. The van der Waals surface area contributed by atoms with Crippen LogP contribution in [0, 0.1) is 0 Å². The molecule has 28 heavy (non-hydrogen) atoms. The quantitative estimate of drug-likeness (QED) is 0.770. The number of thiophene rings is 1. The summed E-state index contributed by atoms with van der Waals surface area (Å²) in [6.07, 6.45) is 0.736. The fourth-order valence-corrected chi connectivity index (χ4v) is 4.18.